The van der Waals surface area contributed by atoms with E-state index in [1.807, 2.05) is 19.9 Å². The molecule has 0 aromatic carbocycles. The molecule has 0 aliphatic carbocycles. The van der Waals surface area contributed by atoms with Crippen molar-refractivity contribution >= 4 is 0 Å². The largest absolute Gasteiger partial charge is 0.255 e. The lowest BCUT2D eigenvalue weighted by Gasteiger charge is -1.95. The quantitative estimate of drug-likeness (QED) is 0.570. The highest BCUT2D eigenvalue weighted by Crippen LogP contribution is 2.02. The number of aryl methyl sites for hydroxylation is 1. The molecular formula is C7H8N3. The number of rotatable bonds is 1. The fourth-order valence-electron chi connectivity index (χ4n) is 0.706. The van der Waals surface area contributed by atoms with E-state index in [-0.39, 0.29) is 0 Å². The lowest BCUT2D eigenvalue weighted by molar-refractivity contribution is 0.684. The van der Waals surface area contributed by atoms with E-state index in [2.05, 4.69) is 11.3 Å². The van der Waals surface area contributed by atoms with Crippen LogP contribution in [-0.2, 0) is 6.54 Å². The summed E-state index contributed by atoms with van der Waals surface area (Å²) in [5.74, 6) is 0. The van der Waals surface area contributed by atoms with E-state index in [0.29, 0.717) is 6.54 Å². The summed E-state index contributed by atoms with van der Waals surface area (Å²) in [6.07, 6.45) is 2.78. The zero-order chi connectivity index (χ0) is 7.56. The number of hydrogen-bond donors (Lipinski definition) is 0. The summed E-state index contributed by atoms with van der Waals surface area (Å²) in [5.41, 5.74) is 2.02. The molecule has 0 spiro atoms. The SMILES string of the molecule is Cc1[c]nn(CC#N)c1C. The Kier molecular flexibility index (Phi) is 1.72. The van der Waals surface area contributed by atoms with Crippen LogP contribution >= 0.6 is 0 Å². The molecule has 1 rings (SSSR count). The molecule has 0 N–H and O–H groups in total. The Morgan fingerprint density at radius 1 is 1.70 bits per heavy atom. The van der Waals surface area contributed by atoms with Gasteiger partial charge in [0, 0.05) is 5.69 Å². The predicted octanol–water partition coefficient (Wildman–Crippen LogP) is 0.824. The summed E-state index contributed by atoms with van der Waals surface area (Å²) in [6, 6.07) is 2.02. The maximum Gasteiger partial charge on any atom is 0.128 e. The minimum atomic E-state index is 0.316. The van der Waals surface area contributed by atoms with Crippen LogP contribution in [0.2, 0.25) is 0 Å². The number of nitrogens with zero attached hydrogens (tertiary/aromatic N) is 3. The Morgan fingerprint density at radius 3 is 2.80 bits per heavy atom. The summed E-state index contributed by atoms with van der Waals surface area (Å²) < 4.78 is 1.63. The molecule has 1 aromatic heterocycles. The van der Waals surface area contributed by atoms with E-state index in [1.54, 1.807) is 4.68 Å². The first-order chi connectivity index (χ1) is 4.75. The molecule has 0 atom stereocenters. The van der Waals surface area contributed by atoms with Crippen molar-refractivity contribution in [2.75, 3.05) is 0 Å². The van der Waals surface area contributed by atoms with Crippen molar-refractivity contribution in [1.29, 1.82) is 5.26 Å². The second-order valence-corrected chi connectivity index (χ2v) is 2.14. The van der Waals surface area contributed by atoms with Crippen molar-refractivity contribution in [3.05, 3.63) is 17.5 Å². The third-order valence-corrected chi connectivity index (χ3v) is 1.49. The normalized spacial score (nSPS) is 9.30. The van der Waals surface area contributed by atoms with Crippen molar-refractivity contribution in [3.63, 3.8) is 0 Å². The third-order valence-electron chi connectivity index (χ3n) is 1.49. The van der Waals surface area contributed by atoms with Crippen molar-refractivity contribution < 1.29 is 0 Å². The zero-order valence-electron chi connectivity index (χ0n) is 6.05. The molecule has 51 valence electrons. The van der Waals surface area contributed by atoms with E-state index >= 15 is 0 Å². The molecule has 10 heavy (non-hydrogen) atoms. The molecule has 3 heteroatoms. The van der Waals surface area contributed by atoms with Crippen molar-refractivity contribution in [2.24, 2.45) is 0 Å². The van der Waals surface area contributed by atoms with Crippen LogP contribution in [0.15, 0.2) is 0 Å². The van der Waals surface area contributed by atoms with Crippen molar-refractivity contribution in [2.45, 2.75) is 20.4 Å². The first kappa shape index (κ1) is 6.81. The molecule has 0 aliphatic rings. The van der Waals surface area contributed by atoms with Gasteiger partial charge in [0.05, 0.1) is 6.07 Å². The first-order valence-electron chi connectivity index (χ1n) is 3.04. The summed E-state index contributed by atoms with van der Waals surface area (Å²) in [4.78, 5) is 0. The van der Waals surface area contributed by atoms with E-state index in [9.17, 15) is 0 Å². The molecule has 0 aliphatic heterocycles. The standard InChI is InChI=1S/C7H8N3/c1-6-5-9-10(4-3-8)7(6)2/h4H2,1-2H3. The average Bonchev–Trinajstić information content (AvgIpc) is 2.20. The van der Waals surface area contributed by atoms with Gasteiger partial charge in [0.25, 0.3) is 0 Å². The zero-order valence-corrected chi connectivity index (χ0v) is 6.05. The van der Waals surface area contributed by atoms with Gasteiger partial charge in [0.1, 0.15) is 12.7 Å². The lowest BCUT2D eigenvalue weighted by atomic mass is 10.3. The molecule has 0 bridgehead atoms. The van der Waals surface area contributed by atoms with Gasteiger partial charge in [0.2, 0.25) is 0 Å². The lowest BCUT2D eigenvalue weighted by Crippen LogP contribution is -1.99. The van der Waals surface area contributed by atoms with Gasteiger partial charge < -0.3 is 0 Å². The molecule has 0 fully saturated rings. The molecule has 0 saturated heterocycles. The summed E-state index contributed by atoms with van der Waals surface area (Å²) in [6.45, 7) is 4.17. The highest BCUT2D eigenvalue weighted by molar-refractivity contribution is 5.12. The van der Waals surface area contributed by atoms with Gasteiger partial charge >= 0.3 is 0 Å². The van der Waals surface area contributed by atoms with Crippen molar-refractivity contribution in [1.82, 2.24) is 9.78 Å². The van der Waals surface area contributed by atoms with Crippen LogP contribution in [0, 0.1) is 31.4 Å². The third kappa shape index (κ3) is 1.01. The van der Waals surface area contributed by atoms with Crippen LogP contribution in [-0.4, -0.2) is 9.78 Å². The van der Waals surface area contributed by atoms with E-state index < -0.39 is 0 Å². The summed E-state index contributed by atoms with van der Waals surface area (Å²) >= 11 is 0. The Morgan fingerprint density at radius 2 is 2.40 bits per heavy atom. The summed E-state index contributed by atoms with van der Waals surface area (Å²) in [7, 11) is 0. The van der Waals surface area contributed by atoms with Gasteiger partial charge in [-0.25, -0.2) is 0 Å². The predicted molar refractivity (Wildman–Crippen MR) is 36.2 cm³/mol. The smallest absolute Gasteiger partial charge is 0.128 e. The van der Waals surface area contributed by atoms with Gasteiger partial charge in [-0.15, -0.1) is 0 Å². The molecule has 0 amide bonds. The minimum Gasteiger partial charge on any atom is -0.255 e. The van der Waals surface area contributed by atoms with Crippen LogP contribution in [0.5, 0.6) is 0 Å². The molecule has 1 aromatic rings. The van der Waals surface area contributed by atoms with Crippen LogP contribution in [0.4, 0.5) is 0 Å². The second-order valence-electron chi connectivity index (χ2n) is 2.14. The van der Waals surface area contributed by atoms with Gasteiger partial charge in [-0.05, 0) is 19.4 Å². The number of aromatic nitrogens is 2. The summed E-state index contributed by atoms with van der Waals surface area (Å²) in [5, 5.41) is 12.2. The van der Waals surface area contributed by atoms with E-state index in [0.717, 1.165) is 11.3 Å². The highest BCUT2D eigenvalue weighted by atomic mass is 15.3. The van der Waals surface area contributed by atoms with Crippen LogP contribution in [0.1, 0.15) is 11.3 Å². The number of nitriles is 1. The van der Waals surface area contributed by atoms with Crippen LogP contribution in [0.3, 0.4) is 0 Å². The van der Waals surface area contributed by atoms with Crippen LogP contribution in [0.25, 0.3) is 0 Å². The molecule has 0 unspecified atom stereocenters. The fraction of sp³-hybridized carbons (Fsp3) is 0.429. The first-order valence-corrected chi connectivity index (χ1v) is 3.04. The molecule has 0 saturated carbocycles. The second kappa shape index (κ2) is 2.53. The van der Waals surface area contributed by atoms with Gasteiger partial charge in [0.15, 0.2) is 0 Å². The minimum absolute atomic E-state index is 0.316. The molecule has 1 heterocycles. The fourth-order valence-corrected chi connectivity index (χ4v) is 0.706. The molecule has 1 radical (unpaired) electrons. The van der Waals surface area contributed by atoms with E-state index in [4.69, 9.17) is 5.26 Å². The average molecular weight is 134 g/mol. The Balaban J connectivity index is 2.96. The Bertz CT molecular complexity index is 267. The number of hydrogen-bond acceptors (Lipinski definition) is 2. The Hall–Kier alpha value is -1.30. The van der Waals surface area contributed by atoms with Crippen LogP contribution < -0.4 is 0 Å². The van der Waals surface area contributed by atoms with Gasteiger partial charge in [-0.1, -0.05) is 0 Å². The molecular weight excluding hydrogens is 126 g/mol. The van der Waals surface area contributed by atoms with Crippen molar-refractivity contribution in [3.8, 4) is 6.07 Å². The Labute approximate surface area is 59.9 Å². The monoisotopic (exact) mass is 134 g/mol. The maximum atomic E-state index is 8.33. The van der Waals surface area contributed by atoms with E-state index in [1.165, 1.54) is 0 Å². The highest BCUT2D eigenvalue weighted by Gasteiger charge is 1.99. The topological polar surface area (TPSA) is 41.6 Å². The van der Waals surface area contributed by atoms with Gasteiger partial charge in [-0.2, -0.15) is 10.4 Å². The molecule has 3 nitrogen and oxygen atoms in total. The van der Waals surface area contributed by atoms with Gasteiger partial charge in [-0.3, -0.25) is 4.68 Å². The maximum absolute atomic E-state index is 8.33.